The first-order chi connectivity index (χ1) is 28.2. The maximum atomic E-state index is 15.7. The number of methoxy groups -OCH3 is 1. The number of halogens is 8. The second-order valence-corrected chi connectivity index (χ2v) is 17.1. The minimum Gasteiger partial charge on any atom is -0.453 e. The fourth-order valence-corrected chi connectivity index (χ4v) is 5.99. The number of hydrazine groups is 1. The lowest BCUT2D eigenvalue weighted by Crippen LogP contribution is -2.63. The van der Waals surface area contributed by atoms with Crippen molar-refractivity contribution in [2.75, 3.05) is 13.7 Å². The number of benzene rings is 2. The van der Waals surface area contributed by atoms with Gasteiger partial charge >= 0.3 is 24.9 Å². The maximum absolute atomic E-state index is 15.7. The summed E-state index contributed by atoms with van der Waals surface area (Å²) >= 11 is 2.02. The number of hydrogen-bond donors (Lipinski definition) is 7. The molecule has 0 saturated heterocycles. The minimum absolute atomic E-state index is 0.254. The van der Waals surface area contributed by atoms with Crippen molar-refractivity contribution >= 4 is 52.3 Å². The summed E-state index contributed by atoms with van der Waals surface area (Å²) in [7, 11) is 0.877. The van der Waals surface area contributed by atoms with Crippen molar-refractivity contribution in [3.05, 3.63) is 80.6 Å². The molecular formula is C39H49F7IN7O7. The molecule has 0 aromatic heterocycles. The van der Waals surface area contributed by atoms with Gasteiger partial charge in [-0.25, -0.2) is 23.4 Å². The number of carbonyl (C=O) groups is 4. The zero-order valence-electron chi connectivity index (χ0n) is 34.0. The quantitative estimate of drug-likeness (QED) is 0.0300. The van der Waals surface area contributed by atoms with Gasteiger partial charge in [0.05, 0.1) is 30.4 Å². The Balaban J connectivity index is 2.08. The fraction of sp³-hybridized carbons (Fsp3) is 0.513. The molecule has 14 nitrogen and oxygen atoms in total. The molecule has 0 radical (unpaired) electrons. The summed E-state index contributed by atoms with van der Waals surface area (Å²) in [6.45, 7) is 1.52. The number of rotatable bonds is 19. The van der Waals surface area contributed by atoms with Crippen LogP contribution in [0.2, 0.25) is 0 Å². The number of nitrogens with one attached hydrogen (secondary N) is 6. The number of hydrogen-bond acceptors (Lipinski definition) is 10. The van der Waals surface area contributed by atoms with Gasteiger partial charge in [0.15, 0.2) is 0 Å². The molecule has 61 heavy (non-hydrogen) atoms. The van der Waals surface area contributed by atoms with Crippen LogP contribution < -0.4 is 26.7 Å². The third kappa shape index (κ3) is 15.3. The predicted molar refractivity (Wildman–Crippen MR) is 216 cm³/mol. The van der Waals surface area contributed by atoms with Crippen molar-refractivity contribution in [3.8, 4) is 0 Å². The van der Waals surface area contributed by atoms with E-state index in [1.165, 1.54) is 0 Å². The molecule has 4 amide bonds. The van der Waals surface area contributed by atoms with Gasteiger partial charge < -0.3 is 41.3 Å². The van der Waals surface area contributed by atoms with E-state index in [0.717, 1.165) is 33.9 Å². The molecule has 22 heteroatoms. The average Bonchev–Trinajstić information content (AvgIpc) is 3.97. The SMILES string of the molecule is COC(=O)N[C@H](C(=O)N[C@@H](Cc1ccc(I)cc1)[C@@H](O)CN(Cc1c(F)cc(C(=N)/C=C\NC(F)F)cc1F)NC(=O)[C@@H](NC(=O)OC1CC1)C(C)(C)C)C(C)(C)C(F)(F)F. The predicted octanol–water partition coefficient (Wildman–Crippen LogP) is 5.80. The van der Waals surface area contributed by atoms with Gasteiger partial charge in [-0.1, -0.05) is 32.9 Å². The van der Waals surface area contributed by atoms with Gasteiger partial charge in [0.2, 0.25) is 5.91 Å². The summed E-state index contributed by atoms with van der Waals surface area (Å²) in [5.74, 6) is -4.87. The summed E-state index contributed by atoms with van der Waals surface area (Å²) in [5, 5.41) is 29.1. The number of carbonyl (C=O) groups excluding carboxylic acids is 4. The van der Waals surface area contributed by atoms with Gasteiger partial charge in [0, 0.05) is 34.0 Å². The highest BCUT2D eigenvalue weighted by atomic mass is 127. The van der Waals surface area contributed by atoms with E-state index in [0.29, 0.717) is 38.5 Å². The largest absolute Gasteiger partial charge is 0.453 e. The van der Waals surface area contributed by atoms with Crippen molar-refractivity contribution in [2.24, 2.45) is 10.8 Å². The van der Waals surface area contributed by atoms with Gasteiger partial charge in [0.1, 0.15) is 29.8 Å². The topological polar surface area (TPSA) is 194 Å². The van der Waals surface area contributed by atoms with Gasteiger partial charge in [-0.3, -0.25) is 15.0 Å². The van der Waals surface area contributed by atoms with Gasteiger partial charge in [-0.15, -0.1) is 0 Å². The lowest BCUT2D eigenvalue weighted by molar-refractivity contribution is -0.220. The smallest absolute Gasteiger partial charge is 0.408 e. The summed E-state index contributed by atoms with van der Waals surface area (Å²) in [6, 6.07) is 2.86. The summed E-state index contributed by atoms with van der Waals surface area (Å²) < 4.78 is 110. The number of ether oxygens (including phenoxy) is 2. The molecule has 0 unspecified atom stereocenters. The molecule has 338 valence electrons. The van der Waals surface area contributed by atoms with Crippen LogP contribution in [-0.2, 0) is 32.0 Å². The normalized spacial score (nSPS) is 15.4. The third-order valence-electron chi connectivity index (χ3n) is 9.46. The van der Waals surface area contributed by atoms with Gasteiger partial charge in [0.25, 0.3) is 5.91 Å². The molecule has 1 fully saturated rings. The van der Waals surface area contributed by atoms with E-state index in [9.17, 15) is 46.2 Å². The molecule has 0 spiro atoms. The zero-order chi connectivity index (χ0) is 46.0. The minimum atomic E-state index is -5.05. The number of aliphatic hydroxyl groups is 1. The van der Waals surface area contributed by atoms with Crippen LogP contribution in [0.25, 0.3) is 0 Å². The van der Waals surface area contributed by atoms with E-state index >= 15 is 8.78 Å². The van der Waals surface area contributed by atoms with Crippen molar-refractivity contribution in [3.63, 3.8) is 0 Å². The number of aliphatic hydroxyl groups excluding tert-OH is 1. The van der Waals surface area contributed by atoms with Gasteiger partial charge in [-0.05, 0) is 97.0 Å². The first kappa shape index (κ1) is 50.6. The molecule has 7 N–H and O–H groups in total. The first-order valence-electron chi connectivity index (χ1n) is 18.7. The Morgan fingerprint density at radius 1 is 0.934 bits per heavy atom. The van der Waals surface area contributed by atoms with Crippen LogP contribution in [-0.4, -0.2) is 96.5 Å². The molecule has 4 atom stereocenters. The van der Waals surface area contributed by atoms with Crippen LogP contribution >= 0.6 is 22.6 Å². The van der Waals surface area contributed by atoms with Crippen molar-refractivity contribution in [1.82, 2.24) is 31.7 Å². The molecule has 0 bridgehead atoms. The van der Waals surface area contributed by atoms with E-state index in [2.05, 4.69) is 20.8 Å². The Morgan fingerprint density at radius 2 is 1.51 bits per heavy atom. The lowest BCUT2D eigenvalue weighted by Gasteiger charge is -2.37. The number of alkyl carbamates (subject to hydrolysis) is 2. The second-order valence-electron chi connectivity index (χ2n) is 15.8. The molecule has 3 rings (SSSR count). The van der Waals surface area contributed by atoms with E-state index in [1.807, 2.05) is 27.9 Å². The fourth-order valence-electron chi connectivity index (χ4n) is 5.63. The van der Waals surface area contributed by atoms with E-state index < -0.39 is 108 Å². The van der Waals surface area contributed by atoms with Crippen LogP contribution in [0.5, 0.6) is 0 Å². The zero-order valence-corrected chi connectivity index (χ0v) is 36.1. The number of amides is 4. The van der Waals surface area contributed by atoms with Crippen LogP contribution in [0.15, 0.2) is 48.7 Å². The van der Waals surface area contributed by atoms with Gasteiger partial charge in [-0.2, -0.15) is 22.0 Å². The van der Waals surface area contributed by atoms with Crippen molar-refractivity contribution in [1.29, 1.82) is 5.41 Å². The van der Waals surface area contributed by atoms with Crippen molar-refractivity contribution in [2.45, 2.75) is 103 Å². The maximum Gasteiger partial charge on any atom is 0.408 e. The van der Waals surface area contributed by atoms with E-state index in [-0.39, 0.29) is 18.1 Å². The van der Waals surface area contributed by atoms with Crippen LogP contribution in [0.4, 0.5) is 40.3 Å². The molecule has 2 aromatic rings. The second kappa shape index (κ2) is 21.4. The van der Waals surface area contributed by atoms with Crippen LogP contribution in [0.1, 0.15) is 64.2 Å². The lowest BCUT2D eigenvalue weighted by atomic mass is 9.82. The molecule has 1 aliphatic carbocycles. The monoisotopic (exact) mass is 987 g/mol. The Hall–Kier alpha value is -4.71. The van der Waals surface area contributed by atoms with Crippen LogP contribution in [0.3, 0.4) is 0 Å². The number of allylic oxidation sites excluding steroid dienone is 1. The highest BCUT2D eigenvalue weighted by Gasteiger charge is 2.56. The molecule has 0 aliphatic heterocycles. The van der Waals surface area contributed by atoms with E-state index in [1.54, 1.807) is 50.4 Å². The molecular weight excluding hydrogens is 938 g/mol. The molecule has 0 heterocycles. The van der Waals surface area contributed by atoms with E-state index in [4.69, 9.17) is 10.1 Å². The Morgan fingerprint density at radius 3 is 2.02 bits per heavy atom. The van der Waals surface area contributed by atoms with Crippen molar-refractivity contribution < 1.29 is 64.5 Å². The summed E-state index contributed by atoms with van der Waals surface area (Å²) in [4.78, 5) is 52.6. The first-order valence-corrected chi connectivity index (χ1v) is 19.8. The number of nitrogens with zero attached hydrogens (tertiary/aromatic N) is 1. The Labute approximate surface area is 361 Å². The Bertz CT molecular complexity index is 1890. The number of alkyl halides is 5. The summed E-state index contributed by atoms with van der Waals surface area (Å²) in [6.07, 6.45) is -7.01. The standard InChI is InChI=1S/C39H49F7IN7O7/c1-37(2,3)30(51-36(59)61-23-11-12-23)33(57)53-54(18-24-25(40)16-21(17-26(24)41)27(48)13-14-49-34(42)43)19-29(55)28(15-20-7-9-22(47)10-8-20)50-32(56)31(52-35(58)60-6)38(4,5)39(44,45)46/h7-10,13-14,16-17,23,28-31,34,48-49,55H,11-12,15,18-19H2,1-6H3,(H,50,56)(H,51,59)(H,52,58)(H,53,57)/b14-13-,48-27?/t28-,29-,30+,31+/m0/s1. The molecule has 2 aromatic carbocycles. The Kier molecular flexibility index (Phi) is 17.8. The highest BCUT2D eigenvalue weighted by Crippen LogP contribution is 2.40. The highest BCUT2D eigenvalue weighted by molar-refractivity contribution is 14.1. The average molecular weight is 988 g/mol. The third-order valence-corrected chi connectivity index (χ3v) is 10.2. The molecule has 1 saturated carbocycles. The molecule has 1 aliphatic rings. The van der Waals surface area contributed by atoms with Crippen LogP contribution in [0, 0.1) is 31.4 Å². The summed E-state index contributed by atoms with van der Waals surface area (Å²) in [5.41, 5.74) is -2.64.